The third kappa shape index (κ3) is 2.49. The maximum Gasteiger partial charge on any atom is 0.326 e. The number of esters is 1. The zero-order valence-corrected chi connectivity index (χ0v) is 10.4. The maximum atomic E-state index is 11.7. The molecule has 0 amide bonds. The van der Waals surface area contributed by atoms with Gasteiger partial charge in [0, 0.05) is 11.2 Å². The summed E-state index contributed by atoms with van der Waals surface area (Å²) in [7, 11) is 0. The van der Waals surface area contributed by atoms with Crippen molar-refractivity contribution >= 4 is 16.9 Å². The molecule has 0 aliphatic rings. The second-order valence-corrected chi connectivity index (χ2v) is 4.47. The van der Waals surface area contributed by atoms with E-state index < -0.39 is 0 Å². The highest BCUT2D eigenvalue weighted by Crippen LogP contribution is 2.19. The average Bonchev–Trinajstić information content (AvgIpc) is 2.55. The molecule has 1 heterocycles. The minimum absolute atomic E-state index is 0.0652. The quantitative estimate of drug-likeness (QED) is 0.760. The van der Waals surface area contributed by atoms with Gasteiger partial charge in [-0.05, 0) is 38.3 Å². The van der Waals surface area contributed by atoms with E-state index in [0.717, 1.165) is 16.6 Å². The van der Waals surface area contributed by atoms with Gasteiger partial charge in [0.2, 0.25) is 0 Å². The standard InChI is InChI=1S/C14H17NO2/c1-10(2)17-14(16)9-15-11(3)8-12-6-4-5-7-13(12)15/h4-8,10H,9H2,1-3H3. The van der Waals surface area contributed by atoms with Crippen molar-refractivity contribution in [3.05, 3.63) is 36.0 Å². The number of aromatic nitrogens is 1. The Morgan fingerprint density at radius 3 is 2.76 bits per heavy atom. The molecule has 0 fully saturated rings. The van der Waals surface area contributed by atoms with Gasteiger partial charge in [-0.15, -0.1) is 0 Å². The van der Waals surface area contributed by atoms with E-state index in [2.05, 4.69) is 6.07 Å². The van der Waals surface area contributed by atoms with Crippen LogP contribution < -0.4 is 0 Å². The fourth-order valence-corrected chi connectivity index (χ4v) is 1.99. The van der Waals surface area contributed by atoms with Crippen LogP contribution in [0.1, 0.15) is 19.5 Å². The molecular weight excluding hydrogens is 214 g/mol. The molecule has 0 spiro atoms. The van der Waals surface area contributed by atoms with Crippen molar-refractivity contribution in [1.82, 2.24) is 4.57 Å². The maximum absolute atomic E-state index is 11.7. The van der Waals surface area contributed by atoms with Crippen LogP contribution in [0.5, 0.6) is 0 Å². The van der Waals surface area contributed by atoms with Crippen molar-refractivity contribution in [2.24, 2.45) is 0 Å². The molecule has 0 aliphatic heterocycles. The lowest BCUT2D eigenvalue weighted by Crippen LogP contribution is -2.18. The smallest absolute Gasteiger partial charge is 0.326 e. The number of ether oxygens (including phenoxy) is 1. The number of para-hydroxylation sites is 1. The molecule has 0 unspecified atom stereocenters. The van der Waals surface area contributed by atoms with Gasteiger partial charge in [0.1, 0.15) is 6.54 Å². The third-order valence-corrected chi connectivity index (χ3v) is 2.67. The van der Waals surface area contributed by atoms with Crippen LogP contribution in [0.3, 0.4) is 0 Å². The molecule has 0 bridgehead atoms. The summed E-state index contributed by atoms with van der Waals surface area (Å²) in [6.45, 7) is 6.00. The molecule has 3 heteroatoms. The van der Waals surface area contributed by atoms with Crippen LogP contribution in [0.15, 0.2) is 30.3 Å². The summed E-state index contributed by atoms with van der Waals surface area (Å²) in [6, 6.07) is 10.1. The summed E-state index contributed by atoms with van der Waals surface area (Å²) in [5.41, 5.74) is 2.15. The van der Waals surface area contributed by atoms with Gasteiger partial charge in [-0.2, -0.15) is 0 Å². The number of carbonyl (C=O) groups is 1. The van der Waals surface area contributed by atoms with Crippen molar-refractivity contribution in [2.45, 2.75) is 33.4 Å². The van der Waals surface area contributed by atoms with Crippen LogP contribution in [0, 0.1) is 6.92 Å². The minimum atomic E-state index is -0.190. The lowest BCUT2D eigenvalue weighted by molar-refractivity contribution is -0.148. The van der Waals surface area contributed by atoms with E-state index in [9.17, 15) is 4.79 Å². The number of hydrogen-bond acceptors (Lipinski definition) is 2. The summed E-state index contributed by atoms with van der Waals surface area (Å²) in [5, 5.41) is 1.15. The largest absolute Gasteiger partial charge is 0.462 e. The number of rotatable bonds is 3. The fourth-order valence-electron chi connectivity index (χ4n) is 1.99. The summed E-state index contributed by atoms with van der Waals surface area (Å²) in [5.74, 6) is -0.190. The molecule has 90 valence electrons. The molecule has 0 radical (unpaired) electrons. The van der Waals surface area contributed by atoms with E-state index >= 15 is 0 Å². The van der Waals surface area contributed by atoms with Gasteiger partial charge >= 0.3 is 5.97 Å². The van der Waals surface area contributed by atoms with Crippen molar-refractivity contribution in [1.29, 1.82) is 0 Å². The van der Waals surface area contributed by atoms with Crippen LogP contribution in [0.25, 0.3) is 10.9 Å². The molecule has 0 saturated carbocycles. The van der Waals surface area contributed by atoms with E-state index in [1.54, 1.807) is 0 Å². The Kier molecular flexibility index (Phi) is 3.18. The first-order chi connectivity index (χ1) is 8.08. The van der Waals surface area contributed by atoms with Crippen LogP contribution in [0.4, 0.5) is 0 Å². The Hall–Kier alpha value is -1.77. The highest BCUT2D eigenvalue weighted by Gasteiger charge is 2.11. The summed E-state index contributed by atoms with van der Waals surface area (Å²) >= 11 is 0. The van der Waals surface area contributed by atoms with Crippen LogP contribution >= 0.6 is 0 Å². The van der Waals surface area contributed by atoms with Gasteiger partial charge in [0.05, 0.1) is 6.10 Å². The Morgan fingerprint density at radius 1 is 1.35 bits per heavy atom. The number of carbonyl (C=O) groups excluding carboxylic acids is 1. The van der Waals surface area contributed by atoms with E-state index in [1.165, 1.54) is 0 Å². The van der Waals surface area contributed by atoms with Crippen molar-refractivity contribution in [2.75, 3.05) is 0 Å². The lowest BCUT2D eigenvalue weighted by atomic mass is 10.2. The second-order valence-electron chi connectivity index (χ2n) is 4.47. The number of fused-ring (bicyclic) bond motifs is 1. The van der Waals surface area contributed by atoms with E-state index in [0.29, 0.717) is 0 Å². The monoisotopic (exact) mass is 231 g/mol. The Bertz CT molecular complexity index is 540. The predicted octanol–water partition coefficient (Wildman–Crippen LogP) is 2.90. The summed E-state index contributed by atoms with van der Waals surface area (Å²) in [6.07, 6.45) is -0.0652. The molecule has 3 nitrogen and oxygen atoms in total. The number of hydrogen-bond donors (Lipinski definition) is 0. The van der Waals surface area contributed by atoms with Gasteiger partial charge in [0.15, 0.2) is 0 Å². The Labute approximate surface area is 101 Å². The highest BCUT2D eigenvalue weighted by atomic mass is 16.5. The number of benzene rings is 1. The van der Waals surface area contributed by atoms with E-state index in [-0.39, 0.29) is 18.6 Å². The third-order valence-electron chi connectivity index (χ3n) is 2.67. The van der Waals surface area contributed by atoms with E-state index in [4.69, 9.17) is 4.74 Å². The van der Waals surface area contributed by atoms with E-state index in [1.807, 2.05) is 49.6 Å². The molecule has 1 aromatic carbocycles. The first kappa shape index (κ1) is 11.7. The molecule has 0 aliphatic carbocycles. The molecule has 0 atom stereocenters. The fraction of sp³-hybridized carbons (Fsp3) is 0.357. The second kappa shape index (κ2) is 4.62. The number of aryl methyl sites for hydroxylation is 1. The average molecular weight is 231 g/mol. The molecule has 17 heavy (non-hydrogen) atoms. The predicted molar refractivity (Wildman–Crippen MR) is 67.9 cm³/mol. The topological polar surface area (TPSA) is 31.2 Å². The SMILES string of the molecule is Cc1cc2ccccc2n1CC(=O)OC(C)C. The van der Waals surface area contributed by atoms with Crippen molar-refractivity contribution in [3.63, 3.8) is 0 Å². The molecule has 1 aromatic heterocycles. The van der Waals surface area contributed by atoms with Crippen LogP contribution in [-0.2, 0) is 16.1 Å². The lowest BCUT2D eigenvalue weighted by Gasteiger charge is -2.10. The first-order valence-electron chi connectivity index (χ1n) is 5.82. The molecule has 0 N–H and O–H groups in total. The Balaban J connectivity index is 2.29. The highest BCUT2D eigenvalue weighted by molar-refractivity contribution is 5.83. The minimum Gasteiger partial charge on any atom is -0.462 e. The molecule has 2 rings (SSSR count). The van der Waals surface area contributed by atoms with Crippen LogP contribution in [-0.4, -0.2) is 16.6 Å². The Morgan fingerprint density at radius 2 is 2.06 bits per heavy atom. The van der Waals surface area contributed by atoms with Gasteiger partial charge < -0.3 is 9.30 Å². The molecule has 2 aromatic rings. The number of nitrogens with zero attached hydrogens (tertiary/aromatic N) is 1. The zero-order valence-electron chi connectivity index (χ0n) is 10.4. The molecule has 0 saturated heterocycles. The summed E-state index contributed by atoms with van der Waals surface area (Å²) in [4.78, 5) is 11.7. The van der Waals surface area contributed by atoms with Crippen LogP contribution in [0.2, 0.25) is 0 Å². The van der Waals surface area contributed by atoms with Gasteiger partial charge in [-0.25, -0.2) is 0 Å². The van der Waals surface area contributed by atoms with Gasteiger partial charge in [0.25, 0.3) is 0 Å². The summed E-state index contributed by atoms with van der Waals surface area (Å²) < 4.78 is 7.15. The molecular formula is C14H17NO2. The van der Waals surface area contributed by atoms with Gasteiger partial charge in [-0.3, -0.25) is 4.79 Å². The van der Waals surface area contributed by atoms with Crippen molar-refractivity contribution in [3.8, 4) is 0 Å². The zero-order chi connectivity index (χ0) is 12.4. The first-order valence-corrected chi connectivity index (χ1v) is 5.82. The van der Waals surface area contributed by atoms with Crippen molar-refractivity contribution < 1.29 is 9.53 Å². The van der Waals surface area contributed by atoms with Gasteiger partial charge in [-0.1, -0.05) is 18.2 Å². The normalized spacial score (nSPS) is 11.1.